The molecule has 2 aromatic carbocycles. The minimum absolute atomic E-state index is 0.0989. The molecule has 7 nitrogen and oxygen atoms in total. The van der Waals surface area contributed by atoms with E-state index in [1.165, 1.54) is 4.68 Å². The molecule has 0 bridgehead atoms. The first kappa shape index (κ1) is 17.8. The van der Waals surface area contributed by atoms with Crippen LogP contribution in [0.2, 0.25) is 5.02 Å². The van der Waals surface area contributed by atoms with Crippen LogP contribution in [0.25, 0.3) is 0 Å². The number of carbonyl (C=O) groups excluding carboxylic acids is 1. The van der Waals surface area contributed by atoms with Crippen molar-refractivity contribution in [3.63, 3.8) is 0 Å². The first-order valence-electron chi connectivity index (χ1n) is 7.91. The second-order valence-electron chi connectivity index (χ2n) is 5.64. The van der Waals surface area contributed by atoms with E-state index in [9.17, 15) is 4.79 Å². The van der Waals surface area contributed by atoms with Crippen LogP contribution in [0.5, 0.6) is 5.75 Å². The second kappa shape index (κ2) is 7.88. The number of aromatic nitrogens is 3. The van der Waals surface area contributed by atoms with Gasteiger partial charge in [0.05, 0.1) is 13.7 Å². The normalized spacial score (nSPS) is 10.5. The molecule has 0 saturated heterocycles. The van der Waals surface area contributed by atoms with Crippen LogP contribution >= 0.6 is 11.6 Å². The molecule has 0 aliphatic carbocycles. The van der Waals surface area contributed by atoms with Gasteiger partial charge in [-0.3, -0.25) is 4.79 Å². The van der Waals surface area contributed by atoms with Crippen molar-refractivity contribution in [2.45, 2.75) is 13.1 Å². The van der Waals surface area contributed by atoms with E-state index in [0.717, 1.165) is 16.9 Å². The Labute approximate surface area is 155 Å². The summed E-state index contributed by atoms with van der Waals surface area (Å²) in [6.07, 6.45) is 0. The molecule has 0 saturated carbocycles. The summed E-state index contributed by atoms with van der Waals surface area (Å²) in [5, 5.41) is 11.3. The zero-order valence-electron chi connectivity index (χ0n) is 14.1. The van der Waals surface area contributed by atoms with Gasteiger partial charge in [-0.1, -0.05) is 41.1 Å². The van der Waals surface area contributed by atoms with Crippen molar-refractivity contribution in [1.29, 1.82) is 0 Å². The molecule has 0 atom stereocenters. The first-order chi connectivity index (χ1) is 12.6. The van der Waals surface area contributed by atoms with Gasteiger partial charge in [-0.25, -0.2) is 4.68 Å². The number of carbonyl (C=O) groups is 1. The minimum Gasteiger partial charge on any atom is -0.497 e. The molecule has 3 N–H and O–H groups in total. The fourth-order valence-electron chi connectivity index (χ4n) is 2.41. The van der Waals surface area contributed by atoms with Crippen molar-refractivity contribution < 1.29 is 9.53 Å². The van der Waals surface area contributed by atoms with Gasteiger partial charge in [0.25, 0.3) is 5.91 Å². The van der Waals surface area contributed by atoms with E-state index in [2.05, 4.69) is 15.6 Å². The highest BCUT2D eigenvalue weighted by atomic mass is 35.5. The Kier molecular flexibility index (Phi) is 5.38. The lowest BCUT2D eigenvalue weighted by Gasteiger charge is -2.07. The van der Waals surface area contributed by atoms with Crippen molar-refractivity contribution in [3.8, 4) is 5.75 Å². The van der Waals surface area contributed by atoms with Gasteiger partial charge in [-0.15, -0.1) is 5.10 Å². The lowest BCUT2D eigenvalue weighted by atomic mass is 10.2. The maximum atomic E-state index is 12.3. The Balaban J connectivity index is 1.66. The number of nitrogens with one attached hydrogen (secondary N) is 1. The number of hydrogen-bond acceptors (Lipinski definition) is 5. The van der Waals surface area contributed by atoms with Gasteiger partial charge in [0, 0.05) is 11.6 Å². The van der Waals surface area contributed by atoms with Gasteiger partial charge in [-0.05, 0) is 35.4 Å². The lowest BCUT2D eigenvalue weighted by molar-refractivity contribution is 0.0946. The number of ether oxygens (including phenoxy) is 1. The monoisotopic (exact) mass is 371 g/mol. The molecule has 1 heterocycles. The molecular formula is C18H18ClN5O2. The summed E-state index contributed by atoms with van der Waals surface area (Å²) in [5.41, 5.74) is 7.99. The van der Waals surface area contributed by atoms with Crippen molar-refractivity contribution in [2.75, 3.05) is 12.8 Å². The standard InChI is InChI=1S/C18H18ClN5O2/c1-26-15-4-2-3-13(9-15)10-21-18(25)16-17(20)24(23-22-16)11-12-5-7-14(19)8-6-12/h2-9H,10-11,20H2,1H3,(H,21,25). The molecule has 1 amide bonds. The van der Waals surface area contributed by atoms with E-state index >= 15 is 0 Å². The average Bonchev–Trinajstić information content (AvgIpc) is 3.02. The zero-order valence-corrected chi connectivity index (χ0v) is 14.9. The Morgan fingerprint density at radius 1 is 1.23 bits per heavy atom. The molecule has 0 aliphatic heterocycles. The smallest absolute Gasteiger partial charge is 0.275 e. The fourth-order valence-corrected chi connectivity index (χ4v) is 2.54. The molecular weight excluding hydrogens is 354 g/mol. The van der Waals surface area contributed by atoms with Gasteiger partial charge >= 0.3 is 0 Å². The number of benzene rings is 2. The number of methoxy groups -OCH3 is 1. The first-order valence-corrected chi connectivity index (χ1v) is 8.29. The molecule has 3 aromatic rings. The van der Waals surface area contributed by atoms with Crippen LogP contribution in [-0.2, 0) is 13.1 Å². The minimum atomic E-state index is -0.382. The Bertz CT molecular complexity index is 908. The third-order valence-electron chi connectivity index (χ3n) is 3.82. The molecule has 3 rings (SSSR count). The van der Waals surface area contributed by atoms with Gasteiger partial charge < -0.3 is 15.8 Å². The van der Waals surface area contributed by atoms with E-state index in [1.807, 2.05) is 36.4 Å². The maximum Gasteiger partial charge on any atom is 0.275 e. The van der Waals surface area contributed by atoms with Crippen LogP contribution in [0, 0.1) is 0 Å². The second-order valence-corrected chi connectivity index (χ2v) is 6.08. The summed E-state index contributed by atoms with van der Waals surface area (Å²) < 4.78 is 6.64. The molecule has 0 radical (unpaired) electrons. The van der Waals surface area contributed by atoms with Crippen LogP contribution < -0.4 is 15.8 Å². The molecule has 1 aromatic heterocycles. The van der Waals surface area contributed by atoms with Crippen molar-refractivity contribution in [2.24, 2.45) is 0 Å². The van der Waals surface area contributed by atoms with Crippen LogP contribution in [0.15, 0.2) is 48.5 Å². The zero-order chi connectivity index (χ0) is 18.5. The van der Waals surface area contributed by atoms with Gasteiger partial charge in [0.2, 0.25) is 0 Å². The highest BCUT2D eigenvalue weighted by molar-refractivity contribution is 6.30. The third-order valence-corrected chi connectivity index (χ3v) is 4.07. The molecule has 0 aliphatic rings. The Morgan fingerprint density at radius 2 is 2.00 bits per heavy atom. The summed E-state index contributed by atoms with van der Waals surface area (Å²) in [6, 6.07) is 14.7. The van der Waals surface area contributed by atoms with Crippen LogP contribution in [0.1, 0.15) is 21.6 Å². The van der Waals surface area contributed by atoms with Crippen molar-refractivity contribution in [3.05, 3.63) is 70.4 Å². The Hall–Kier alpha value is -3.06. The number of nitrogens with zero attached hydrogens (tertiary/aromatic N) is 3. The van der Waals surface area contributed by atoms with E-state index in [1.54, 1.807) is 19.2 Å². The van der Waals surface area contributed by atoms with Gasteiger partial charge in [0.1, 0.15) is 5.75 Å². The number of nitrogen functional groups attached to an aromatic ring is 1. The van der Waals surface area contributed by atoms with Gasteiger partial charge in [-0.2, -0.15) is 0 Å². The van der Waals surface area contributed by atoms with Crippen LogP contribution in [0.3, 0.4) is 0 Å². The molecule has 0 fully saturated rings. The van der Waals surface area contributed by atoms with E-state index in [0.29, 0.717) is 18.1 Å². The SMILES string of the molecule is COc1cccc(CNC(=O)c2nnn(Cc3ccc(Cl)cc3)c2N)c1. The van der Waals surface area contributed by atoms with Crippen molar-refractivity contribution >= 4 is 23.3 Å². The van der Waals surface area contributed by atoms with Gasteiger partial charge in [0.15, 0.2) is 11.5 Å². The summed E-state index contributed by atoms with van der Waals surface area (Å²) in [6.45, 7) is 0.735. The maximum absolute atomic E-state index is 12.3. The molecule has 0 unspecified atom stereocenters. The predicted octanol–water partition coefficient (Wildman–Crippen LogP) is 2.50. The number of halogens is 1. The summed E-state index contributed by atoms with van der Waals surface area (Å²) in [5.74, 6) is 0.556. The molecule has 134 valence electrons. The fraction of sp³-hybridized carbons (Fsp3) is 0.167. The predicted molar refractivity (Wildman–Crippen MR) is 99.2 cm³/mol. The molecule has 8 heteroatoms. The lowest BCUT2D eigenvalue weighted by Crippen LogP contribution is -2.24. The molecule has 0 spiro atoms. The van der Waals surface area contributed by atoms with Crippen LogP contribution in [-0.4, -0.2) is 28.0 Å². The van der Waals surface area contributed by atoms with E-state index < -0.39 is 0 Å². The highest BCUT2D eigenvalue weighted by Gasteiger charge is 2.17. The summed E-state index contributed by atoms with van der Waals surface area (Å²) in [4.78, 5) is 12.3. The third kappa shape index (κ3) is 4.12. The van der Waals surface area contributed by atoms with E-state index in [-0.39, 0.29) is 17.4 Å². The number of rotatable bonds is 6. The van der Waals surface area contributed by atoms with Crippen molar-refractivity contribution in [1.82, 2.24) is 20.3 Å². The highest BCUT2D eigenvalue weighted by Crippen LogP contribution is 2.15. The summed E-state index contributed by atoms with van der Waals surface area (Å²) >= 11 is 5.88. The van der Waals surface area contributed by atoms with Crippen LogP contribution in [0.4, 0.5) is 5.82 Å². The van der Waals surface area contributed by atoms with E-state index in [4.69, 9.17) is 22.1 Å². The number of hydrogen-bond donors (Lipinski definition) is 2. The number of amides is 1. The summed E-state index contributed by atoms with van der Waals surface area (Å²) in [7, 11) is 1.59. The quantitative estimate of drug-likeness (QED) is 0.694. The average molecular weight is 372 g/mol. The topological polar surface area (TPSA) is 95.1 Å². The molecule has 26 heavy (non-hydrogen) atoms. The number of anilines is 1. The largest absolute Gasteiger partial charge is 0.497 e. The number of nitrogens with two attached hydrogens (primary N) is 1. The Morgan fingerprint density at radius 3 is 2.73 bits per heavy atom.